The number of nitrogens with one attached hydrogen (secondary N) is 1. The zero-order chi connectivity index (χ0) is 15.3. The monoisotopic (exact) mass is 295 g/mol. The Bertz CT molecular complexity index is 343. The van der Waals surface area contributed by atoms with Gasteiger partial charge in [0, 0.05) is 6.54 Å². The van der Waals surface area contributed by atoms with Gasteiger partial charge in [-0.2, -0.15) is 0 Å². The molecule has 1 amide bonds. The zero-order valence-corrected chi connectivity index (χ0v) is 13.9. The Hall–Kier alpha value is -0.610. The molecule has 3 N–H and O–H groups in total. The molecule has 0 spiro atoms. The summed E-state index contributed by atoms with van der Waals surface area (Å²) in [5, 5.41) is 3.49. The highest BCUT2D eigenvalue weighted by Crippen LogP contribution is 2.38. The van der Waals surface area contributed by atoms with Gasteiger partial charge in [-0.1, -0.05) is 19.8 Å². The van der Waals surface area contributed by atoms with Crippen molar-refractivity contribution in [3.63, 3.8) is 0 Å². The van der Waals surface area contributed by atoms with Crippen molar-refractivity contribution < 1.29 is 4.79 Å². The van der Waals surface area contributed by atoms with Gasteiger partial charge < -0.3 is 16.0 Å². The molecule has 0 aromatic carbocycles. The van der Waals surface area contributed by atoms with Crippen LogP contribution in [0.3, 0.4) is 0 Å². The Morgan fingerprint density at radius 3 is 2.67 bits per heavy atom. The Morgan fingerprint density at radius 1 is 1.33 bits per heavy atom. The van der Waals surface area contributed by atoms with E-state index in [0.717, 1.165) is 51.1 Å². The maximum absolute atomic E-state index is 12.1. The van der Waals surface area contributed by atoms with Gasteiger partial charge in [-0.05, 0) is 70.5 Å². The summed E-state index contributed by atoms with van der Waals surface area (Å²) in [6.07, 6.45) is 9.51. The van der Waals surface area contributed by atoms with E-state index in [4.69, 9.17) is 5.73 Å². The molecule has 0 radical (unpaired) electrons. The molecular formula is C17H33N3O. The molecule has 2 aliphatic rings. The Morgan fingerprint density at radius 2 is 2.10 bits per heavy atom. The summed E-state index contributed by atoms with van der Waals surface area (Å²) in [6.45, 7) is 5.33. The van der Waals surface area contributed by atoms with E-state index in [9.17, 15) is 4.79 Å². The lowest BCUT2D eigenvalue weighted by Gasteiger charge is -2.35. The fourth-order valence-electron chi connectivity index (χ4n) is 4.04. The molecule has 4 heteroatoms. The summed E-state index contributed by atoms with van der Waals surface area (Å²) < 4.78 is 0. The summed E-state index contributed by atoms with van der Waals surface area (Å²) in [6, 6.07) is 0. The van der Waals surface area contributed by atoms with E-state index in [-0.39, 0.29) is 5.91 Å². The van der Waals surface area contributed by atoms with Crippen molar-refractivity contribution in [2.24, 2.45) is 17.6 Å². The lowest BCUT2D eigenvalue weighted by molar-refractivity contribution is -0.126. The minimum absolute atomic E-state index is 0.139. The highest BCUT2D eigenvalue weighted by molar-refractivity contribution is 5.85. The molecule has 0 heterocycles. The van der Waals surface area contributed by atoms with Crippen molar-refractivity contribution >= 4 is 5.91 Å². The van der Waals surface area contributed by atoms with Gasteiger partial charge in [-0.3, -0.25) is 4.79 Å². The third-order valence-electron chi connectivity index (χ3n) is 5.60. The second-order valence-corrected chi connectivity index (χ2v) is 7.20. The molecule has 2 aliphatic carbocycles. The fraction of sp³-hybridized carbons (Fsp3) is 0.941. The lowest BCUT2D eigenvalue weighted by atomic mass is 9.83. The van der Waals surface area contributed by atoms with Crippen molar-refractivity contribution in [2.75, 3.05) is 26.7 Å². The van der Waals surface area contributed by atoms with Crippen LogP contribution in [0.15, 0.2) is 0 Å². The van der Waals surface area contributed by atoms with Gasteiger partial charge in [-0.25, -0.2) is 0 Å². The average Bonchev–Trinajstić information content (AvgIpc) is 2.82. The Labute approximate surface area is 129 Å². The molecule has 0 aromatic heterocycles. The molecule has 4 nitrogen and oxygen atoms in total. The average molecular weight is 295 g/mol. The Balaban J connectivity index is 1.85. The first-order valence-corrected chi connectivity index (χ1v) is 8.82. The molecule has 2 rings (SSSR count). The fourth-order valence-corrected chi connectivity index (χ4v) is 4.04. The number of carbonyl (C=O) groups excluding carboxylic acids is 1. The first-order chi connectivity index (χ1) is 10.1. The molecule has 2 atom stereocenters. The Kier molecular flexibility index (Phi) is 6.06. The van der Waals surface area contributed by atoms with Crippen LogP contribution in [0.25, 0.3) is 0 Å². The molecule has 2 fully saturated rings. The number of carbonyl (C=O) groups is 1. The van der Waals surface area contributed by atoms with Crippen molar-refractivity contribution in [3.05, 3.63) is 0 Å². The van der Waals surface area contributed by atoms with Crippen LogP contribution in [0.1, 0.15) is 58.3 Å². The van der Waals surface area contributed by atoms with Crippen molar-refractivity contribution in [3.8, 4) is 0 Å². The van der Waals surface area contributed by atoms with Crippen LogP contribution >= 0.6 is 0 Å². The number of hydrogen-bond acceptors (Lipinski definition) is 3. The number of nitrogens with two attached hydrogens (primary N) is 1. The van der Waals surface area contributed by atoms with Crippen LogP contribution in [0.5, 0.6) is 0 Å². The number of hydrogen-bond donors (Lipinski definition) is 2. The van der Waals surface area contributed by atoms with Crippen molar-refractivity contribution in [2.45, 2.75) is 63.8 Å². The maximum atomic E-state index is 12.1. The van der Waals surface area contributed by atoms with Gasteiger partial charge in [-0.15, -0.1) is 0 Å². The van der Waals surface area contributed by atoms with E-state index in [2.05, 4.69) is 24.2 Å². The molecule has 0 aliphatic heterocycles. The molecule has 21 heavy (non-hydrogen) atoms. The largest absolute Gasteiger partial charge is 0.368 e. The number of primary amides is 1. The van der Waals surface area contributed by atoms with Gasteiger partial charge in [0.15, 0.2) is 0 Å². The van der Waals surface area contributed by atoms with Gasteiger partial charge >= 0.3 is 0 Å². The standard InChI is InChI=1S/C17H33N3O/c1-3-11-19-17(16(18)21)10-5-8-15(17)9-12-20(2)13-14-6-4-7-14/h14-15,19H,3-13H2,1-2H3,(H2,18,21). The first kappa shape index (κ1) is 16.8. The lowest BCUT2D eigenvalue weighted by Crippen LogP contribution is -2.58. The third kappa shape index (κ3) is 3.98. The molecule has 122 valence electrons. The van der Waals surface area contributed by atoms with Gasteiger partial charge in [0.05, 0.1) is 0 Å². The summed E-state index contributed by atoms with van der Waals surface area (Å²) in [5.41, 5.74) is 5.33. The van der Waals surface area contributed by atoms with Crippen LogP contribution in [0.4, 0.5) is 0 Å². The predicted molar refractivity (Wildman–Crippen MR) is 87.0 cm³/mol. The van der Waals surface area contributed by atoms with Crippen LogP contribution < -0.4 is 11.1 Å². The van der Waals surface area contributed by atoms with E-state index in [1.165, 1.54) is 25.8 Å². The van der Waals surface area contributed by atoms with Crippen molar-refractivity contribution in [1.82, 2.24) is 10.2 Å². The van der Waals surface area contributed by atoms with E-state index in [1.807, 2.05) is 0 Å². The van der Waals surface area contributed by atoms with Crippen LogP contribution in [0.2, 0.25) is 0 Å². The van der Waals surface area contributed by atoms with E-state index < -0.39 is 5.54 Å². The minimum atomic E-state index is -0.437. The number of rotatable bonds is 9. The van der Waals surface area contributed by atoms with E-state index in [1.54, 1.807) is 0 Å². The number of amides is 1. The summed E-state index contributed by atoms with van der Waals surface area (Å²) in [7, 11) is 2.22. The molecule has 2 unspecified atom stereocenters. The zero-order valence-electron chi connectivity index (χ0n) is 13.9. The molecule has 2 saturated carbocycles. The minimum Gasteiger partial charge on any atom is -0.368 e. The highest BCUT2D eigenvalue weighted by atomic mass is 16.1. The SMILES string of the molecule is CCCNC1(C(N)=O)CCCC1CCN(C)CC1CCC1. The quantitative estimate of drug-likeness (QED) is 0.685. The van der Waals surface area contributed by atoms with E-state index >= 15 is 0 Å². The smallest absolute Gasteiger partial charge is 0.238 e. The van der Waals surface area contributed by atoms with Gasteiger partial charge in [0.25, 0.3) is 0 Å². The number of nitrogens with zero attached hydrogens (tertiary/aromatic N) is 1. The second-order valence-electron chi connectivity index (χ2n) is 7.20. The summed E-state index contributed by atoms with van der Waals surface area (Å²) in [4.78, 5) is 14.5. The van der Waals surface area contributed by atoms with E-state index in [0.29, 0.717) is 5.92 Å². The van der Waals surface area contributed by atoms with Crippen LogP contribution in [0, 0.1) is 11.8 Å². The van der Waals surface area contributed by atoms with Crippen LogP contribution in [-0.4, -0.2) is 43.0 Å². The summed E-state index contributed by atoms with van der Waals surface area (Å²) >= 11 is 0. The third-order valence-corrected chi connectivity index (χ3v) is 5.60. The van der Waals surface area contributed by atoms with Crippen LogP contribution in [-0.2, 0) is 4.79 Å². The maximum Gasteiger partial charge on any atom is 0.238 e. The van der Waals surface area contributed by atoms with Gasteiger partial charge in [0.1, 0.15) is 5.54 Å². The van der Waals surface area contributed by atoms with Gasteiger partial charge in [0.2, 0.25) is 5.91 Å². The second kappa shape index (κ2) is 7.59. The molecule has 0 aromatic rings. The predicted octanol–water partition coefficient (Wildman–Crippen LogP) is 2.13. The normalized spacial score (nSPS) is 29.8. The molecular weight excluding hydrogens is 262 g/mol. The molecule has 0 saturated heterocycles. The topological polar surface area (TPSA) is 58.4 Å². The first-order valence-electron chi connectivity index (χ1n) is 8.82. The highest BCUT2D eigenvalue weighted by Gasteiger charge is 2.46. The summed E-state index contributed by atoms with van der Waals surface area (Å²) in [5.74, 6) is 1.18. The van der Waals surface area contributed by atoms with Crippen molar-refractivity contribution in [1.29, 1.82) is 0 Å². The molecule has 0 bridgehead atoms.